The van der Waals surface area contributed by atoms with E-state index < -0.39 is 0 Å². The number of rotatable bonds is 7. The fraction of sp³-hybridized carbons (Fsp3) is 0.429. The standard InChI is InChI=1S/C14H19N5O2/c1-3-21-13(20)12-9-17-14(18-11(12)2)16-5-4-7-19-8-6-15-10-19/h6,8-10H,3-5,7H2,1-2H3,(H,16,17,18). The van der Waals surface area contributed by atoms with Crippen LogP contribution < -0.4 is 5.32 Å². The second-order valence-corrected chi connectivity index (χ2v) is 4.49. The summed E-state index contributed by atoms with van der Waals surface area (Å²) in [6.07, 6.45) is 7.90. The average Bonchev–Trinajstić information content (AvgIpc) is 2.97. The molecule has 2 heterocycles. The molecule has 0 bridgehead atoms. The SMILES string of the molecule is CCOC(=O)c1cnc(NCCCn2ccnc2)nc1C. The highest BCUT2D eigenvalue weighted by Crippen LogP contribution is 2.08. The number of carbonyl (C=O) groups is 1. The van der Waals surface area contributed by atoms with Crippen molar-refractivity contribution >= 4 is 11.9 Å². The predicted molar refractivity (Wildman–Crippen MR) is 78.1 cm³/mol. The minimum absolute atomic E-state index is 0.340. The van der Waals surface area contributed by atoms with Gasteiger partial charge >= 0.3 is 5.97 Å². The Morgan fingerprint density at radius 3 is 3.00 bits per heavy atom. The third kappa shape index (κ3) is 4.27. The van der Waals surface area contributed by atoms with Crippen molar-refractivity contribution in [3.8, 4) is 0 Å². The highest BCUT2D eigenvalue weighted by Gasteiger charge is 2.12. The van der Waals surface area contributed by atoms with Gasteiger partial charge in [-0.2, -0.15) is 0 Å². The lowest BCUT2D eigenvalue weighted by atomic mass is 10.2. The zero-order valence-corrected chi connectivity index (χ0v) is 12.2. The van der Waals surface area contributed by atoms with E-state index in [0.717, 1.165) is 19.5 Å². The van der Waals surface area contributed by atoms with Gasteiger partial charge in [0.1, 0.15) is 0 Å². The largest absolute Gasteiger partial charge is 0.462 e. The van der Waals surface area contributed by atoms with Crippen LogP contribution in [-0.4, -0.2) is 38.6 Å². The van der Waals surface area contributed by atoms with Gasteiger partial charge < -0.3 is 14.6 Å². The molecule has 0 fully saturated rings. The molecule has 7 nitrogen and oxygen atoms in total. The van der Waals surface area contributed by atoms with Crippen LogP contribution in [0.5, 0.6) is 0 Å². The molecule has 0 radical (unpaired) electrons. The quantitative estimate of drug-likeness (QED) is 0.616. The number of esters is 1. The summed E-state index contributed by atoms with van der Waals surface area (Å²) >= 11 is 0. The van der Waals surface area contributed by atoms with Gasteiger partial charge in [0.15, 0.2) is 0 Å². The summed E-state index contributed by atoms with van der Waals surface area (Å²) in [5, 5.41) is 3.14. The van der Waals surface area contributed by atoms with Crippen molar-refractivity contribution in [3.05, 3.63) is 36.2 Å². The number of aryl methyl sites for hydroxylation is 2. The molecular weight excluding hydrogens is 270 g/mol. The van der Waals surface area contributed by atoms with Crippen LogP contribution in [-0.2, 0) is 11.3 Å². The molecule has 0 amide bonds. The molecular formula is C14H19N5O2. The van der Waals surface area contributed by atoms with Crippen LogP contribution in [0.2, 0.25) is 0 Å². The summed E-state index contributed by atoms with van der Waals surface area (Å²) in [5.41, 5.74) is 1.02. The van der Waals surface area contributed by atoms with Crippen molar-refractivity contribution in [2.45, 2.75) is 26.8 Å². The van der Waals surface area contributed by atoms with Crippen molar-refractivity contribution in [2.24, 2.45) is 0 Å². The maximum atomic E-state index is 11.6. The number of hydrogen-bond acceptors (Lipinski definition) is 6. The van der Waals surface area contributed by atoms with Crippen molar-refractivity contribution < 1.29 is 9.53 Å². The Kier molecular flexibility index (Phi) is 5.25. The molecule has 7 heteroatoms. The lowest BCUT2D eigenvalue weighted by Gasteiger charge is -2.08. The van der Waals surface area contributed by atoms with Crippen LogP contribution in [0, 0.1) is 6.92 Å². The normalized spacial score (nSPS) is 10.4. The molecule has 2 rings (SSSR count). The smallest absolute Gasteiger partial charge is 0.341 e. The molecule has 112 valence electrons. The van der Waals surface area contributed by atoms with Crippen molar-refractivity contribution in [3.63, 3.8) is 0 Å². The molecule has 0 aliphatic heterocycles. The lowest BCUT2D eigenvalue weighted by Crippen LogP contribution is -2.12. The van der Waals surface area contributed by atoms with Gasteiger partial charge in [-0.05, 0) is 20.3 Å². The number of anilines is 1. The van der Waals surface area contributed by atoms with E-state index in [1.54, 1.807) is 26.4 Å². The Hall–Kier alpha value is -2.44. The molecule has 0 aromatic carbocycles. The van der Waals surface area contributed by atoms with Crippen LogP contribution in [0.15, 0.2) is 24.9 Å². The van der Waals surface area contributed by atoms with Gasteiger partial charge in [-0.25, -0.2) is 19.7 Å². The van der Waals surface area contributed by atoms with Gasteiger partial charge in [0.2, 0.25) is 5.95 Å². The Balaban J connectivity index is 1.84. The number of ether oxygens (including phenoxy) is 1. The number of nitrogens with zero attached hydrogens (tertiary/aromatic N) is 4. The van der Waals surface area contributed by atoms with Crippen LogP contribution in [0.3, 0.4) is 0 Å². The first-order valence-electron chi connectivity index (χ1n) is 6.91. The molecule has 0 aliphatic rings. The molecule has 0 atom stereocenters. The average molecular weight is 289 g/mol. The van der Waals surface area contributed by atoms with Crippen molar-refractivity contribution in [1.29, 1.82) is 0 Å². The second kappa shape index (κ2) is 7.37. The molecule has 0 aliphatic carbocycles. The summed E-state index contributed by atoms with van der Waals surface area (Å²) in [7, 11) is 0. The van der Waals surface area contributed by atoms with E-state index in [9.17, 15) is 4.79 Å². The molecule has 0 saturated carbocycles. The van der Waals surface area contributed by atoms with Crippen LogP contribution in [0.4, 0.5) is 5.95 Å². The third-order valence-electron chi connectivity index (χ3n) is 2.91. The molecule has 0 spiro atoms. The summed E-state index contributed by atoms with van der Waals surface area (Å²) in [5.74, 6) is 0.132. The highest BCUT2D eigenvalue weighted by atomic mass is 16.5. The summed E-state index contributed by atoms with van der Waals surface area (Å²) in [4.78, 5) is 24.0. The number of nitrogens with one attached hydrogen (secondary N) is 1. The third-order valence-corrected chi connectivity index (χ3v) is 2.91. The van der Waals surface area contributed by atoms with Gasteiger partial charge in [0, 0.05) is 31.7 Å². The predicted octanol–water partition coefficient (Wildman–Crippen LogP) is 1.66. The summed E-state index contributed by atoms with van der Waals surface area (Å²) in [6, 6.07) is 0. The van der Waals surface area contributed by atoms with Crippen LogP contribution in [0.1, 0.15) is 29.4 Å². The van der Waals surface area contributed by atoms with Crippen LogP contribution in [0.25, 0.3) is 0 Å². The Morgan fingerprint density at radius 1 is 1.48 bits per heavy atom. The van der Waals surface area contributed by atoms with E-state index in [0.29, 0.717) is 23.8 Å². The highest BCUT2D eigenvalue weighted by molar-refractivity contribution is 5.90. The number of carbonyl (C=O) groups excluding carboxylic acids is 1. The topological polar surface area (TPSA) is 81.9 Å². The molecule has 2 aromatic rings. The second-order valence-electron chi connectivity index (χ2n) is 4.49. The Morgan fingerprint density at radius 2 is 2.33 bits per heavy atom. The number of imidazole rings is 1. The minimum atomic E-state index is -0.387. The number of hydrogen-bond donors (Lipinski definition) is 1. The lowest BCUT2D eigenvalue weighted by molar-refractivity contribution is 0.0524. The van der Waals surface area contributed by atoms with E-state index in [1.807, 2.05) is 10.8 Å². The Labute approximate surface area is 123 Å². The van der Waals surface area contributed by atoms with Gasteiger partial charge in [0.25, 0.3) is 0 Å². The first-order chi connectivity index (χ1) is 10.2. The van der Waals surface area contributed by atoms with Gasteiger partial charge in [0.05, 0.1) is 24.2 Å². The van der Waals surface area contributed by atoms with E-state index in [-0.39, 0.29) is 5.97 Å². The fourth-order valence-electron chi connectivity index (χ4n) is 1.84. The van der Waals surface area contributed by atoms with Gasteiger partial charge in [-0.3, -0.25) is 0 Å². The van der Waals surface area contributed by atoms with E-state index in [4.69, 9.17) is 4.74 Å². The molecule has 1 N–H and O–H groups in total. The first kappa shape index (κ1) is 15.0. The molecule has 21 heavy (non-hydrogen) atoms. The van der Waals surface area contributed by atoms with E-state index in [1.165, 1.54) is 6.20 Å². The summed E-state index contributed by atoms with van der Waals surface area (Å²) in [6.45, 7) is 5.50. The van der Waals surface area contributed by atoms with E-state index in [2.05, 4.69) is 20.3 Å². The van der Waals surface area contributed by atoms with Gasteiger partial charge in [-0.15, -0.1) is 0 Å². The maximum Gasteiger partial charge on any atom is 0.341 e. The summed E-state index contributed by atoms with van der Waals surface area (Å²) < 4.78 is 6.95. The zero-order chi connectivity index (χ0) is 15.1. The monoisotopic (exact) mass is 289 g/mol. The van der Waals surface area contributed by atoms with Crippen molar-refractivity contribution in [2.75, 3.05) is 18.5 Å². The first-order valence-corrected chi connectivity index (χ1v) is 6.91. The Bertz CT molecular complexity index is 583. The zero-order valence-electron chi connectivity index (χ0n) is 12.2. The number of aromatic nitrogens is 4. The molecule has 2 aromatic heterocycles. The van der Waals surface area contributed by atoms with Gasteiger partial charge in [-0.1, -0.05) is 0 Å². The minimum Gasteiger partial charge on any atom is -0.462 e. The van der Waals surface area contributed by atoms with Crippen LogP contribution >= 0.6 is 0 Å². The maximum absolute atomic E-state index is 11.6. The molecule has 0 unspecified atom stereocenters. The molecule has 0 saturated heterocycles. The van der Waals surface area contributed by atoms with Crippen molar-refractivity contribution in [1.82, 2.24) is 19.5 Å². The van der Waals surface area contributed by atoms with E-state index >= 15 is 0 Å². The fourth-order valence-corrected chi connectivity index (χ4v) is 1.84.